The molecule has 0 bridgehead atoms. The van der Waals surface area contributed by atoms with Gasteiger partial charge in [-0.05, 0) is 47.6 Å². The lowest BCUT2D eigenvalue weighted by Crippen LogP contribution is -2.44. The van der Waals surface area contributed by atoms with E-state index in [4.69, 9.17) is 0 Å². The highest BCUT2D eigenvalue weighted by Gasteiger charge is 2.48. The van der Waals surface area contributed by atoms with Crippen LogP contribution in [0.25, 0.3) is 0 Å². The number of aliphatic hydroxyl groups is 1. The predicted molar refractivity (Wildman–Crippen MR) is 89.3 cm³/mol. The van der Waals surface area contributed by atoms with E-state index < -0.39 is 0 Å². The molecule has 1 aromatic carbocycles. The lowest BCUT2D eigenvalue weighted by molar-refractivity contribution is 0.0992. The van der Waals surface area contributed by atoms with Gasteiger partial charge in [0.25, 0.3) is 0 Å². The molecule has 2 aliphatic carbocycles. The highest BCUT2D eigenvalue weighted by molar-refractivity contribution is 6.08. The Morgan fingerprint density at radius 2 is 1.95 bits per heavy atom. The van der Waals surface area contributed by atoms with Crippen molar-refractivity contribution in [1.82, 2.24) is 0 Å². The van der Waals surface area contributed by atoms with Crippen molar-refractivity contribution < 1.29 is 9.90 Å². The molecule has 2 unspecified atom stereocenters. The molecule has 1 N–H and O–H groups in total. The first-order chi connectivity index (χ1) is 10.3. The summed E-state index contributed by atoms with van der Waals surface area (Å²) in [7, 11) is 0. The van der Waals surface area contributed by atoms with Crippen molar-refractivity contribution in [2.45, 2.75) is 58.3 Å². The number of carbonyl (C=O) groups is 1. The van der Waals surface area contributed by atoms with Crippen LogP contribution in [0, 0.1) is 5.41 Å². The lowest BCUT2D eigenvalue weighted by atomic mass is 9.55. The van der Waals surface area contributed by atoms with Crippen LogP contribution in [0.2, 0.25) is 0 Å². The molecule has 2 heteroatoms. The van der Waals surface area contributed by atoms with Gasteiger partial charge in [-0.2, -0.15) is 0 Å². The van der Waals surface area contributed by atoms with Crippen LogP contribution in [-0.2, 0) is 5.41 Å². The highest BCUT2D eigenvalue weighted by atomic mass is 16.3. The summed E-state index contributed by atoms with van der Waals surface area (Å²) in [5.74, 6) is 0.525. The number of allylic oxidation sites excluding steroid dienone is 1. The maximum absolute atomic E-state index is 12.7. The summed E-state index contributed by atoms with van der Waals surface area (Å²) >= 11 is 0. The number of fused-ring (bicyclic) bond motifs is 3. The summed E-state index contributed by atoms with van der Waals surface area (Å²) < 4.78 is 0. The molecule has 118 valence electrons. The van der Waals surface area contributed by atoms with E-state index in [1.54, 1.807) is 0 Å². The molecule has 0 amide bonds. The molecule has 1 saturated carbocycles. The van der Waals surface area contributed by atoms with Crippen molar-refractivity contribution in [3.8, 4) is 0 Å². The number of aliphatic hydroxyl groups excluding tert-OH is 1. The predicted octanol–water partition coefficient (Wildman–Crippen LogP) is 4.37. The molecule has 2 aliphatic rings. The summed E-state index contributed by atoms with van der Waals surface area (Å²) in [6.45, 7) is 8.76. The fraction of sp³-hybridized carbons (Fsp3) is 0.550. The third-order valence-electron chi connectivity index (χ3n) is 5.84. The minimum Gasteiger partial charge on any atom is -0.395 e. The number of rotatable bonds is 2. The Hall–Kier alpha value is -1.41. The second-order valence-corrected chi connectivity index (χ2v) is 7.79. The number of benzene rings is 1. The van der Waals surface area contributed by atoms with Crippen molar-refractivity contribution in [2.24, 2.45) is 5.41 Å². The average Bonchev–Trinajstić information content (AvgIpc) is 2.49. The lowest BCUT2D eigenvalue weighted by Gasteiger charge is -2.49. The molecule has 22 heavy (non-hydrogen) atoms. The molecule has 0 radical (unpaired) electrons. The smallest absolute Gasteiger partial charge is 0.186 e. The molecule has 0 aromatic heterocycles. The minimum atomic E-state index is -0.267. The summed E-state index contributed by atoms with van der Waals surface area (Å²) in [5, 5.41) is 9.90. The number of carbonyl (C=O) groups excluding carboxylic acids is 1. The molecule has 0 aliphatic heterocycles. The Labute approximate surface area is 133 Å². The van der Waals surface area contributed by atoms with Crippen LogP contribution in [0.15, 0.2) is 29.8 Å². The fourth-order valence-corrected chi connectivity index (χ4v) is 4.36. The van der Waals surface area contributed by atoms with Crippen LogP contribution in [0.3, 0.4) is 0 Å². The van der Waals surface area contributed by atoms with Gasteiger partial charge in [-0.15, -0.1) is 0 Å². The van der Waals surface area contributed by atoms with Gasteiger partial charge < -0.3 is 5.11 Å². The second kappa shape index (κ2) is 5.06. The first-order valence-electron chi connectivity index (χ1n) is 8.34. The van der Waals surface area contributed by atoms with Gasteiger partial charge in [0.2, 0.25) is 0 Å². The Bertz CT molecular complexity index is 656. The maximum Gasteiger partial charge on any atom is 0.186 e. The molecule has 2 atom stereocenters. The van der Waals surface area contributed by atoms with Crippen LogP contribution in [0.4, 0.5) is 0 Å². The third-order valence-corrected chi connectivity index (χ3v) is 5.84. The largest absolute Gasteiger partial charge is 0.395 e. The van der Waals surface area contributed by atoms with Crippen LogP contribution >= 0.6 is 0 Å². The molecule has 0 spiro atoms. The van der Waals surface area contributed by atoms with E-state index in [1.807, 2.05) is 6.08 Å². The topological polar surface area (TPSA) is 37.3 Å². The molecule has 3 rings (SSSR count). The summed E-state index contributed by atoms with van der Waals surface area (Å²) in [6.07, 6.45) is 4.92. The Balaban J connectivity index is 2.19. The zero-order chi connectivity index (χ0) is 16.1. The molecule has 0 saturated heterocycles. The summed E-state index contributed by atoms with van der Waals surface area (Å²) in [6, 6.07) is 6.39. The summed E-state index contributed by atoms with van der Waals surface area (Å²) in [5.41, 5.74) is 3.97. The monoisotopic (exact) mass is 298 g/mol. The first kappa shape index (κ1) is 15.5. The Morgan fingerprint density at radius 1 is 1.23 bits per heavy atom. The van der Waals surface area contributed by atoms with Gasteiger partial charge in [-0.3, -0.25) is 4.79 Å². The Kier molecular flexibility index (Phi) is 3.56. The second-order valence-electron chi connectivity index (χ2n) is 7.79. The minimum absolute atomic E-state index is 0.103. The number of hydrogen-bond acceptors (Lipinski definition) is 2. The van der Waals surface area contributed by atoms with Crippen LogP contribution in [0.5, 0.6) is 0 Å². The zero-order valence-corrected chi connectivity index (χ0v) is 14.1. The van der Waals surface area contributed by atoms with E-state index in [0.29, 0.717) is 5.92 Å². The van der Waals surface area contributed by atoms with E-state index >= 15 is 0 Å². The molecular weight excluding hydrogens is 272 g/mol. The van der Waals surface area contributed by atoms with Crippen LogP contribution in [-0.4, -0.2) is 17.5 Å². The first-order valence-corrected chi connectivity index (χ1v) is 8.34. The average molecular weight is 298 g/mol. The van der Waals surface area contributed by atoms with Gasteiger partial charge in [0.1, 0.15) is 0 Å². The maximum atomic E-state index is 12.7. The molecule has 1 fully saturated rings. The van der Waals surface area contributed by atoms with Gasteiger partial charge in [0.15, 0.2) is 5.78 Å². The Morgan fingerprint density at radius 3 is 2.59 bits per heavy atom. The van der Waals surface area contributed by atoms with E-state index in [1.165, 1.54) is 5.56 Å². The van der Waals surface area contributed by atoms with Gasteiger partial charge in [0.05, 0.1) is 6.61 Å². The third kappa shape index (κ3) is 2.08. The molecule has 0 heterocycles. The SMILES string of the molecule is CC(C)c1ccc2c(c1)C(=O)C=C1C(C)(CO)CCCC12C. The number of hydrogen-bond donors (Lipinski definition) is 1. The zero-order valence-electron chi connectivity index (χ0n) is 14.1. The van der Waals surface area contributed by atoms with Gasteiger partial charge in [-0.1, -0.05) is 46.2 Å². The number of ketones is 1. The molecule has 1 aromatic rings. The molecule has 2 nitrogen and oxygen atoms in total. The highest BCUT2D eigenvalue weighted by Crippen LogP contribution is 2.54. The van der Waals surface area contributed by atoms with E-state index in [9.17, 15) is 9.90 Å². The van der Waals surface area contributed by atoms with E-state index in [-0.39, 0.29) is 23.2 Å². The van der Waals surface area contributed by atoms with Crippen molar-refractivity contribution >= 4 is 5.78 Å². The van der Waals surface area contributed by atoms with Crippen molar-refractivity contribution in [1.29, 1.82) is 0 Å². The van der Waals surface area contributed by atoms with Crippen molar-refractivity contribution in [3.63, 3.8) is 0 Å². The quantitative estimate of drug-likeness (QED) is 0.880. The fourth-order valence-electron chi connectivity index (χ4n) is 4.36. The normalized spacial score (nSPS) is 30.8. The van der Waals surface area contributed by atoms with Crippen molar-refractivity contribution in [2.75, 3.05) is 6.61 Å². The van der Waals surface area contributed by atoms with Crippen molar-refractivity contribution in [3.05, 3.63) is 46.5 Å². The van der Waals surface area contributed by atoms with Gasteiger partial charge >= 0.3 is 0 Å². The van der Waals surface area contributed by atoms with E-state index in [2.05, 4.69) is 45.9 Å². The standard InChI is InChI=1S/C20H26O2/c1-13(2)14-6-7-16-15(10-14)17(22)11-18-19(3,12-21)8-5-9-20(16,18)4/h6-7,10-11,13,21H,5,8-9,12H2,1-4H3. The van der Waals surface area contributed by atoms with Gasteiger partial charge in [-0.25, -0.2) is 0 Å². The summed E-state index contributed by atoms with van der Waals surface area (Å²) in [4.78, 5) is 12.7. The van der Waals surface area contributed by atoms with Crippen LogP contribution < -0.4 is 0 Å². The van der Waals surface area contributed by atoms with Crippen LogP contribution in [0.1, 0.15) is 74.4 Å². The molecular formula is C20H26O2. The van der Waals surface area contributed by atoms with E-state index in [0.717, 1.165) is 36.0 Å². The van der Waals surface area contributed by atoms with Gasteiger partial charge in [0, 0.05) is 16.4 Å².